The topological polar surface area (TPSA) is 256 Å². The summed E-state index contributed by atoms with van der Waals surface area (Å²) in [7, 11) is 3.19. The van der Waals surface area contributed by atoms with Gasteiger partial charge in [0.2, 0.25) is 5.28 Å². The van der Waals surface area contributed by atoms with Crippen molar-refractivity contribution in [3.8, 4) is 0 Å². The number of hydrogen-bond donors (Lipinski definition) is 7. The number of aromatic nitrogens is 5. The largest absolute Gasteiger partial charge is 0.370 e. The number of anilines is 1. The van der Waals surface area contributed by atoms with E-state index in [1.165, 1.54) is 52.9 Å². The summed E-state index contributed by atoms with van der Waals surface area (Å²) in [6.45, 7) is 1.65. The molecule has 0 saturated heterocycles. The van der Waals surface area contributed by atoms with Crippen molar-refractivity contribution in [1.29, 1.82) is 10.8 Å². The molecule has 3 aromatic heterocycles. The van der Waals surface area contributed by atoms with Crippen molar-refractivity contribution in [2.45, 2.75) is 18.3 Å². The monoisotopic (exact) mass is 806 g/mol. The van der Waals surface area contributed by atoms with Gasteiger partial charge in [0.1, 0.15) is 11.9 Å². The molecule has 3 heterocycles. The molecule has 0 unspecified atom stereocenters. The van der Waals surface area contributed by atoms with Gasteiger partial charge < -0.3 is 25.7 Å². The molecule has 2 aromatic carbocycles. The predicted octanol–water partition coefficient (Wildman–Crippen LogP) is 2.81. The van der Waals surface area contributed by atoms with Crippen LogP contribution in [0.4, 0.5) is 5.13 Å². The average molecular weight is 807 g/mol. The fourth-order valence-electron chi connectivity index (χ4n) is 4.41. The maximum absolute atomic E-state index is 11.5. The molecule has 0 atom stereocenters. The number of guanidine groups is 1. The van der Waals surface area contributed by atoms with E-state index >= 15 is 0 Å². The number of rotatable bonds is 13. The molecule has 0 aliphatic rings. The van der Waals surface area contributed by atoms with E-state index in [1.54, 1.807) is 0 Å². The lowest BCUT2D eigenvalue weighted by Crippen LogP contribution is -2.36. The standard InChI is InChI=1S/C17H21NO.C8H15N7O2S3.C7H7ClN4O2/c1-18(2)13-14-19-17(15-9-5-3-6-10-15)16-11-7-4-8-12-16;9-6(15-20(12,16)17)1-2-18-3-5-4-19-8(13-5)14-7(10)11;1-11-4-3(9-6(8)10-4)5(13)12(2)7(11)14/h3-12,17H,13-14H2,1-2H3;4H,1-3H2,(H2,9,15)(H2,12,16,17)(H4,10,11,13,14);1-2H3,(H,9,10). The maximum Gasteiger partial charge on any atom is 0.332 e. The summed E-state index contributed by atoms with van der Waals surface area (Å²) >= 11 is 8.45. The second-order valence-corrected chi connectivity index (χ2v) is 15.0. The third-order valence-electron chi connectivity index (χ3n) is 6.90. The minimum atomic E-state index is -3.86. The minimum Gasteiger partial charge on any atom is -0.370 e. The van der Waals surface area contributed by atoms with Crippen LogP contribution in [0.3, 0.4) is 0 Å². The summed E-state index contributed by atoms with van der Waals surface area (Å²) < 4.78 is 31.6. The number of fused-ring (bicyclic) bond motifs is 1. The van der Waals surface area contributed by atoms with E-state index in [-0.39, 0.29) is 40.8 Å². The van der Waals surface area contributed by atoms with Crippen LogP contribution in [-0.4, -0.2) is 82.2 Å². The molecular weight excluding hydrogens is 764 g/mol. The van der Waals surface area contributed by atoms with Crippen molar-refractivity contribution in [3.63, 3.8) is 0 Å². The fourth-order valence-corrected chi connectivity index (χ4v) is 6.71. The van der Waals surface area contributed by atoms with Crippen LogP contribution >= 0.6 is 34.7 Å². The Morgan fingerprint density at radius 2 is 1.66 bits per heavy atom. The van der Waals surface area contributed by atoms with Crippen LogP contribution in [0.25, 0.3) is 11.2 Å². The van der Waals surface area contributed by atoms with Crippen molar-refractivity contribution in [2.75, 3.05) is 38.3 Å². The molecule has 5 rings (SSSR count). The van der Waals surface area contributed by atoms with Gasteiger partial charge in [0.05, 0.1) is 12.3 Å². The number of amidine groups is 1. The summed E-state index contributed by atoms with van der Waals surface area (Å²) in [6, 6.07) is 20.8. The van der Waals surface area contributed by atoms with Crippen molar-refractivity contribution in [2.24, 2.45) is 25.0 Å². The first-order chi connectivity index (χ1) is 25.1. The molecule has 17 nitrogen and oxygen atoms in total. The number of nitrogens with zero attached hydrogens (tertiary/aromatic N) is 5. The van der Waals surface area contributed by atoms with Crippen LogP contribution in [0, 0.1) is 10.8 Å². The molecule has 0 fully saturated rings. The number of halogens is 1. The lowest BCUT2D eigenvalue weighted by Gasteiger charge is -2.20. The van der Waals surface area contributed by atoms with Crippen LogP contribution in [-0.2, 0) is 34.8 Å². The van der Waals surface area contributed by atoms with Gasteiger partial charge in [-0.05, 0) is 36.8 Å². The van der Waals surface area contributed by atoms with Crippen LogP contribution in [0.5, 0.6) is 0 Å². The molecule has 21 heteroatoms. The number of thiazole rings is 1. The van der Waals surface area contributed by atoms with E-state index in [0.717, 1.165) is 23.4 Å². The van der Waals surface area contributed by atoms with Crippen molar-refractivity contribution < 1.29 is 13.2 Å². The molecule has 5 aromatic rings. The molecule has 0 aliphatic heterocycles. The fraction of sp³-hybridized carbons (Fsp3) is 0.312. The number of aryl methyl sites for hydroxylation is 1. The summed E-state index contributed by atoms with van der Waals surface area (Å²) in [5, 5.41) is 24.3. The normalized spacial score (nSPS) is 11.1. The molecule has 0 saturated carbocycles. The Labute approximate surface area is 319 Å². The molecular formula is C32H43ClN12O5S3. The maximum atomic E-state index is 11.5. The Kier molecular flexibility index (Phi) is 16.7. The number of hydrogen-bond acceptors (Lipinski definition) is 12. The van der Waals surface area contributed by atoms with Crippen LogP contribution < -0.4 is 32.2 Å². The van der Waals surface area contributed by atoms with Gasteiger partial charge in [0.15, 0.2) is 22.3 Å². The minimum absolute atomic E-state index is 0.0161. The van der Waals surface area contributed by atoms with Gasteiger partial charge in [-0.1, -0.05) is 60.7 Å². The first-order valence-electron chi connectivity index (χ1n) is 15.7. The second-order valence-electron chi connectivity index (χ2n) is 11.4. The van der Waals surface area contributed by atoms with Crippen LogP contribution in [0.2, 0.25) is 5.28 Å². The summed E-state index contributed by atoms with van der Waals surface area (Å²) in [4.78, 5) is 35.7. The third kappa shape index (κ3) is 14.4. The van der Waals surface area contributed by atoms with Crippen molar-refractivity contribution in [1.82, 2.24) is 33.7 Å². The number of nitrogens with two attached hydrogens (primary N) is 2. The lowest BCUT2D eigenvalue weighted by molar-refractivity contribution is 0.0687. The highest BCUT2D eigenvalue weighted by atomic mass is 35.5. The van der Waals surface area contributed by atoms with E-state index in [1.807, 2.05) is 22.2 Å². The summed E-state index contributed by atoms with van der Waals surface area (Å²) in [5.74, 6) is 0.880. The van der Waals surface area contributed by atoms with Crippen LogP contribution in [0.15, 0.2) is 75.6 Å². The first kappa shape index (κ1) is 42.8. The Bertz CT molecular complexity index is 2130. The number of nitrogens with one attached hydrogen (secondary N) is 5. The first-order valence-corrected chi connectivity index (χ1v) is 19.7. The number of aromatic amines is 1. The van der Waals surface area contributed by atoms with Gasteiger partial charge in [0.25, 0.3) is 15.8 Å². The molecule has 0 bridgehead atoms. The van der Waals surface area contributed by atoms with E-state index in [0.29, 0.717) is 16.6 Å². The van der Waals surface area contributed by atoms with Crippen molar-refractivity contribution in [3.05, 3.63) is 109 Å². The molecule has 0 radical (unpaired) electrons. The molecule has 0 amide bonds. The number of thioether (sulfide) groups is 1. The van der Waals surface area contributed by atoms with Crippen LogP contribution in [0.1, 0.15) is 29.3 Å². The summed E-state index contributed by atoms with van der Waals surface area (Å²) in [6.07, 6.45) is 0.284. The van der Waals surface area contributed by atoms with Crippen molar-refractivity contribution >= 4 is 73.0 Å². The van der Waals surface area contributed by atoms with Gasteiger partial charge in [0, 0.05) is 43.9 Å². The molecule has 286 valence electrons. The Balaban J connectivity index is 0.000000217. The Morgan fingerprint density at radius 3 is 2.21 bits per heavy atom. The number of ether oxygens (including phenoxy) is 1. The summed E-state index contributed by atoms with van der Waals surface area (Å²) in [5.41, 5.74) is 8.06. The highest BCUT2D eigenvalue weighted by Crippen LogP contribution is 2.25. The molecule has 0 aliphatic carbocycles. The van der Waals surface area contributed by atoms with E-state index < -0.39 is 21.5 Å². The molecule has 53 heavy (non-hydrogen) atoms. The Hall–Kier alpha value is -4.57. The third-order valence-corrected chi connectivity index (χ3v) is 9.41. The van der Waals surface area contributed by atoms with Gasteiger partial charge >= 0.3 is 5.69 Å². The highest BCUT2D eigenvalue weighted by molar-refractivity contribution is 7.98. The smallest absolute Gasteiger partial charge is 0.332 e. The zero-order valence-corrected chi connectivity index (χ0v) is 32.7. The molecule has 0 spiro atoms. The highest BCUT2D eigenvalue weighted by Gasteiger charge is 2.14. The molecule has 9 N–H and O–H groups in total. The average Bonchev–Trinajstić information content (AvgIpc) is 3.73. The second kappa shape index (κ2) is 20.6. The number of benzene rings is 2. The zero-order valence-electron chi connectivity index (χ0n) is 29.5. The van der Waals surface area contributed by atoms with E-state index in [2.05, 4.69) is 87.8 Å². The Morgan fingerprint density at radius 1 is 1.06 bits per heavy atom. The number of H-pyrrole nitrogens is 1. The quantitative estimate of drug-likeness (QED) is 0.0394. The SMILES string of the molecule is CN(C)CCOC(c1ccccc1)c1ccccc1.Cn1c(=O)c2[nH]c(Cl)nc2n(C)c1=O.N=C(N)Nc1nc(CSCCC(=N)NS(N)(=O)=O)cs1. The van der Waals surface area contributed by atoms with Gasteiger partial charge in [-0.25, -0.2) is 14.9 Å². The van der Waals surface area contributed by atoms with Gasteiger partial charge in [-0.2, -0.15) is 25.2 Å². The number of imidazole rings is 1. The van der Waals surface area contributed by atoms with E-state index in [9.17, 15) is 18.0 Å². The lowest BCUT2D eigenvalue weighted by atomic mass is 10.0. The number of likely N-dealkylation sites (N-methyl/N-ethyl adjacent to an activating group) is 1. The van der Waals surface area contributed by atoms with E-state index in [4.69, 9.17) is 38.0 Å². The zero-order chi connectivity index (χ0) is 39.1. The van der Waals surface area contributed by atoms with Gasteiger partial charge in [-0.15, -0.1) is 11.3 Å². The predicted molar refractivity (Wildman–Crippen MR) is 213 cm³/mol. The van der Waals surface area contributed by atoms with Gasteiger partial charge in [-0.3, -0.25) is 29.5 Å².